The summed E-state index contributed by atoms with van der Waals surface area (Å²) in [6.07, 6.45) is 3.15. The number of benzene rings is 1. The summed E-state index contributed by atoms with van der Waals surface area (Å²) in [5.74, 6) is 1.22. The zero-order chi connectivity index (χ0) is 14.5. The molecule has 2 rings (SSSR count). The Morgan fingerprint density at radius 1 is 1.20 bits per heavy atom. The van der Waals surface area contributed by atoms with Gasteiger partial charge < -0.3 is 14.6 Å². The van der Waals surface area contributed by atoms with Gasteiger partial charge in [-0.05, 0) is 39.7 Å². The Bertz CT molecular complexity index is 567. The predicted molar refractivity (Wildman–Crippen MR) is 80.1 cm³/mol. The van der Waals surface area contributed by atoms with Crippen molar-refractivity contribution < 1.29 is 14.6 Å². The summed E-state index contributed by atoms with van der Waals surface area (Å²) in [7, 11) is 3.15. The first-order valence-corrected chi connectivity index (χ1v) is 6.93. The van der Waals surface area contributed by atoms with Gasteiger partial charge in [-0.3, -0.25) is 4.98 Å². The molecule has 1 unspecified atom stereocenters. The molecule has 0 saturated heterocycles. The molecule has 0 fully saturated rings. The molecule has 1 N–H and O–H groups in total. The highest BCUT2D eigenvalue weighted by Gasteiger charge is 2.19. The topological polar surface area (TPSA) is 51.6 Å². The smallest absolute Gasteiger partial charge is 0.128 e. The van der Waals surface area contributed by atoms with E-state index < -0.39 is 6.10 Å². The van der Waals surface area contributed by atoms with E-state index in [1.807, 2.05) is 12.1 Å². The van der Waals surface area contributed by atoms with Crippen molar-refractivity contribution in [1.82, 2.24) is 4.98 Å². The number of ether oxygens (including phenoxy) is 2. The van der Waals surface area contributed by atoms with E-state index in [1.54, 1.807) is 38.7 Å². The molecular weight excluding hydrogens is 322 g/mol. The van der Waals surface area contributed by atoms with Gasteiger partial charge in [0.2, 0.25) is 0 Å². The monoisotopic (exact) mass is 337 g/mol. The zero-order valence-electron chi connectivity index (χ0n) is 11.3. The van der Waals surface area contributed by atoms with Crippen molar-refractivity contribution in [3.63, 3.8) is 0 Å². The molecule has 1 atom stereocenters. The fraction of sp³-hybridized carbons (Fsp3) is 0.267. The third-order valence-electron chi connectivity index (χ3n) is 2.99. The lowest BCUT2D eigenvalue weighted by molar-refractivity contribution is 0.169. The highest BCUT2D eigenvalue weighted by Crippen LogP contribution is 2.35. The Hall–Kier alpha value is -1.59. The van der Waals surface area contributed by atoms with Gasteiger partial charge in [0.05, 0.1) is 25.9 Å². The zero-order valence-corrected chi connectivity index (χ0v) is 12.9. The van der Waals surface area contributed by atoms with E-state index in [0.717, 1.165) is 10.0 Å². The molecule has 1 heterocycles. The van der Waals surface area contributed by atoms with Gasteiger partial charge in [0.25, 0.3) is 0 Å². The maximum absolute atomic E-state index is 10.5. The summed E-state index contributed by atoms with van der Waals surface area (Å²) in [6, 6.07) is 7.37. The molecule has 4 nitrogen and oxygen atoms in total. The minimum Gasteiger partial charge on any atom is -0.496 e. The van der Waals surface area contributed by atoms with Crippen LogP contribution in [0, 0.1) is 0 Å². The minimum atomic E-state index is -0.725. The molecule has 1 aromatic heterocycles. The van der Waals surface area contributed by atoms with E-state index >= 15 is 0 Å². The van der Waals surface area contributed by atoms with Crippen molar-refractivity contribution in [3.05, 3.63) is 52.3 Å². The first-order valence-electron chi connectivity index (χ1n) is 6.14. The third kappa shape index (κ3) is 3.29. The summed E-state index contributed by atoms with van der Waals surface area (Å²) in [5.41, 5.74) is 1.58. The maximum Gasteiger partial charge on any atom is 0.128 e. The number of aliphatic hydroxyl groups is 1. The number of aliphatic hydroxyl groups excluding tert-OH is 1. The molecule has 2 aromatic rings. The summed E-state index contributed by atoms with van der Waals surface area (Å²) >= 11 is 3.37. The fourth-order valence-electron chi connectivity index (χ4n) is 2.10. The molecular formula is C15H16BrNO3. The molecule has 1 aromatic carbocycles. The second-order valence-corrected chi connectivity index (χ2v) is 5.22. The standard InChI is InChI=1S/C15H16BrNO3/c1-19-13-4-3-5-14(20-2)15(13)12(18)7-10-6-11(16)9-17-8-10/h3-6,8-9,12,18H,7H2,1-2H3. The van der Waals surface area contributed by atoms with Crippen molar-refractivity contribution in [3.8, 4) is 11.5 Å². The second kappa shape index (κ2) is 6.72. The van der Waals surface area contributed by atoms with E-state index in [2.05, 4.69) is 20.9 Å². The van der Waals surface area contributed by atoms with Crippen LogP contribution >= 0.6 is 15.9 Å². The van der Waals surface area contributed by atoms with Crippen LogP contribution in [0.2, 0.25) is 0 Å². The SMILES string of the molecule is COc1cccc(OC)c1C(O)Cc1cncc(Br)c1. The number of rotatable bonds is 5. The van der Waals surface area contributed by atoms with E-state index in [0.29, 0.717) is 23.5 Å². The lowest BCUT2D eigenvalue weighted by Crippen LogP contribution is -2.06. The fourth-order valence-corrected chi connectivity index (χ4v) is 2.51. The first kappa shape index (κ1) is 14.8. The van der Waals surface area contributed by atoms with E-state index in [-0.39, 0.29) is 0 Å². The first-order chi connectivity index (χ1) is 9.65. The highest BCUT2D eigenvalue weighted by atomic mass is 79.9. The number of aromatic nitrogens is 1. The molecule has 0 amide bonds. The molecule has 20 heavy (non-hydrogen) atoms. The molecule has 0 aliphatic carbocycles. The number of halogens is 1. The number of methoxy groups -OCH3 is 2. The number of nitrogens with zero attached hydrogens (tertiary/aromatic N) is 1. The highest BCUT2D eigenvalue weighted by molar-refractivity contribution is 9.10. The van der Waals surface area contributed by atoms with Crippen LogP contribution in [0.4, 0.5) is 0 Å². The van der Waals surface area contributed by atoms with Crippen LogP contribution in [-0.2, 0) is 6.42 Å². The Labute approximate surface area is 126 Å². The second-order valence-electron chi connectivity index (χ2n) is 4.31. The number of hydrogen-bond acceptors (Lipinski definition) is 4. The van der Waals surface area contributed by atoms with Gasteiger partial charge in [-0.2, -0.15) is 0 Å². The van der Waals surface area contributed by atoms with Crippen molar-refractivity contribution >= 4 is 15.9 Å². The van der Waals surface area contributed by atoms with E-state index in [9.17, 15) is 5.11 Å². The van der Waals surface area contributed by atoms with Crippen LogP contribution in [0.25, 0.3) is 0 Å². The maximum atomic E-state index is 10.5. The normalized spacial score (nSPS) is 12.0. The van der Waals surface area contributed by atoms with Crippen molar-refractivity contribution in [2.24, 2.45) is 0 Å². The molecule has 0 aliphatic heterocycles. The summed E-state index contributed by atoms with van der Waals surface area (Å²) < 4.78 is 11.5. The summed E-state index contributed by atoms with van der Waals surface area (Å²) in [5, 5.41) is 10.5. The van der Waals surface area contributed by atoms with Gasteiger partial charge in [0, 0.05) is 23.3 Å². The average Bonchev–Trinajstić information content (AvgIpc) is 2.46. The number of hydrogen-bond donors (Lipinski definition) is 1. The van der Waals surface area contributed by atoms with Gasteiger partial charge in [-0.1, -0.05) is 6.07 Å². The minimum absolute atomic E-state index is 0.434. The molecule has 0 spiro atoms. The van der Waals surface area contributed by atoms with Gasteiger partial charge in [-0.25, -0.2) is 0 Å². The van der Waals surface area contributed by atoms with Crippen LogP contribution in [-0.4, -0.2) is 24.3 Å². The predicted octanol–water partition coefficient (Wildman–Crippen LogP) is 3.14. The molecule has 0 saturated carbocycles. The lowest BCUT2D eigenvalue weighted by Gasteiger charge is -2.18. The van der Waals surface area contributed by atoms with Crippen molar-refractivity contribution in [2.45, 2.75) is 12.5 Å². The van der Waals surface area contributed by atoms with Gasteiger partial charge in [0.1, 0.15) is 11.5 Å². The Kier molecular flexibility index (Phi) is 4.98. The van der Waals surface area contributed by atoms with Crippen LogP contribution in [0.1, 0.15) is 17.2 Å². The van der Waals surface area contributed by atoms with Gasteiger partial charge in [-0.15, -0.1) is 0 Å². The van der Waals surface area contributed by atoms with Gasteiger partial charge in [0.15, 0.2) is 0 Å². The van der Waals surface area contributed by atoms with E-state index in [1.165, 1.54) is 0 Å². The Morgan fingerprint density at radius 2 is 1.85 bits per heavy atom. The largest absolute Gasteiger partial charge is 0.496 e. The third-order valence-corrected chi connectivity index (χ3v) is 3.42. The number of pyridine rings is 1. The molecule has 0 bridgehead atoms. The van der Waals surface area contributed by atoms with Crippen LogP contribution in [0.15, 0.2) is 41.1 Å². The van der Waals surface area contributed by atoms with E-state index in [4.69, 9.17) is 9.47 Å². The summed E-state index contributed by atoms with van der Waals surface area (Å²) in [4.78, 5) is 4.10. The molecule has 0 aliphatic rings. The average molecular weight is 338 g/mol. The van der Waals surface area contributed by atoms with Gasteiger partial charge >= 0.3 is 0 Å². The molecule has 0 radical (unpaired) electrons. The van der Waals surface area contributed by atoms with Crippen LogP contribution in [0.5, 0.6) is 11.5 Å². The Balaban J connectivity index is 2.31. The van der Waals surface area contributed by atoms with Crippen molar-refractivity contribution in [2.75, 3.05) is 14.2 Å². The van der Waals surface area contributed by atoms with Crippen LogP contribution < -0.4 is 9.47 Å². The molecule has 5 heteroatoms. The quantitative estimate of drug-likeness (QED) is 0.910. The lowest BCUT2D eigenvalue weighted by atomic mass is 10.0. The van der Waals surface area contributed by atoms with Crippen LogP contribution in [0.3, 0.4) is 0 Å². The molecule has 106 valence electrons. The summed E-state index contributed by atoms with van der Waals surface area (Å²) in [6.45, 7) is 0. The Morgan fingerprint density at radius 3 is 2.40 bits per heavy atom. The van der Waals surface area contributed by atoms with Crippen molar-refractivity contribution in [1.29, 1.82) is 0 Å².